The van der Waals surface area contributed by atoms with Gasteiger partial charge < -0.3 is 4.90 Å². The molecule has 1 amide bonds. The van der Waals surface area contributed by atoms with Gasteiger partial charge in [-0.2, -0.15) is 5.10 Å². The number of likely N-dealkylation sites (N-methyl/N-ethyl adjacent to an activating group) is 2. The number of benzene rings is 1. The van der Waals surface area contributed by atoms with Crippen molar-refractivity contribution >= 4 is 5.91 Å². The lowest BCUT2D eigenvalue weighted by Gasteiger charge is -2.22. The summed E-state index contributed by atoms with van der Waals surface area (Å²) >= 11 is 0. The maximum absolute atomic E-state index is 11.8. The Balaban J connectivity index is 2.00. The number of carbonyl (C=O) groups excluding carboxylic acids is 1. The molecule has 0 aliphatic rings. The summed E-state index contributed by atoms with van der Waals surface area (Å²) in [6.45, 7) is 4.14. The fraction of sp³-hybridized carbons (Fsp3) is 0.375. The standard InChI is InChI=1S/C16H22N4O/c1-4-19(13-16(21)18(2)3)12-14-6-8-15(9-7-14)20-11-5-10-17-20/h5-11H,4,12-13H2,1-3H3. The minimum absolute atomic E-state index is 0.130. The van der Waals surface area contributed by atoms with Gasteiger partial charge in [-0.3, -0.25) is 9.69 Å². The highest BCUT2D eigenvalue weighted by Crippen LogP contribution is 2.10. The summed E-state index contributed by atoms with van der Waals surface area (Å²) in [5.74, 6) is 0.130. The highest BCUT2D eigenvalue weighted by atomic mass is 16.2. The molecule has 2 aromatic rings. The summed E-state index contributed by atoms with van der Waals surface area (Å²) < 4.78 is 1.83. The smallest absolute Gasteiger partial charge is 0.236 e. The van der Waals surface area contributed by atoms with E-state index in [1.807, 2.05) is 29.1 Å². The molecule has 0 atom stereocenters. The summed E-state index contributed by atoms with van der Waals surface area (Å²) in [6.07, 6.45) is 3.68. The van der Waals surface area contributed by atoms with Gasteiger partial charge in [-0.1, -0.05) is 19.1 Å². The number of hydrogen-bond acceptors (Lipinski definition) is 3. The molecular formula is C16H22N4O. The third kappa shape index (κ3) is 4.16. The number of nitrogens with zero attached hydrogens (tertiary/aromatic N) is 4. The molecule has 112 valence electrons. The lowest BCUT2D eigenvalue weighted by atomic mass is 10.2. The van der Waals surface area contributed by atoms with Crippen LogP contribution in [0.25, 0.3) is 5.69 Å². The molecular weight excluding hydrogens is 264 g/mol. The predicted molar refractivity (Wildman–Crippen MR) is 83.2 cm³/mol. The molecule has 1 aromatic carbocycles. The van der Waals surface area contributed by atoms with Crippen molar-refractivity contribution in [3.05, 3.63) is 48.3 Å². The lowest BCUT2D eigenvalue weighted by Crippen LogP contribution is -2.36. The highest BCUT2D eigenvalue weighted by Gasteiger charge is 2.11. The number of carbonyl (C=O) groups is 1. The Bertz CT molecular complexity index is 560. The minimum Gasteiger partial charge on any atom is -0.348 e. The maximum atomic E-state index is 11.8. The van der Waals surface area contributed by atoms with Gasteiger partial charge in [0.2, 0.25) is 5.91 Å². The van der Waals surface area contributed by atoms with Crippen LogP contribution >= 0.6 is 0 Å². The quantitative estimate of drug-likeness (QED) is 0.813. The molecule has 0 fully saturated rings. The van der Waals surface area contributed by atoms with E-state index in [0.717, 1.165) is 18.8 Å². The molecule has 0 saturated carbocycles. The lowest BCUT2D eigenvalue weighted by molar-refractivity contribution is -0.130. The van der Waals surface area contributed by atoms with Crippen LogP contribution in [0.4, 0.5) is 0 Å². The molecule has 5 heteroatoms. The van der Waals surface area contributed by atoms with E-state index in [1.54, 1.807) is 25.2 Å². The summed E-state index contributed by atoms with van der Waals surface area (Å²) in [5.41, 5.74) is 2.23. The van der Waals surface area contributed by atoms with Crippen LogP contribution in [0, 0.1) is 0 Å². The van der Waals surface area contributed by atoms with E-state index in [0.29, 0.717) is 6.54 Å². The molecule has 0 aliphatic carbocycles. The van der Waals surface area contributed by atoms with Crippen molar-refractivity contribution in [1.29, 1.82) is 0 Å². The zero-order valence-electron chi connectivity index (χ0n) is 12.9. The van der Waals surface area contributed by atoms with Crippen LogP contribution in [0.15, 0.2) is 42.7 Å². The molecule has 2 rings (SSSR count). The van der Waals surface area contributed by atoms with Crippen molar-refractivity contribution in [3.8, 4) is 5.69 Å². The Morgan fingerprint density at radius 1 is 1.24 bits per heavy atom. The summed E-state index contributed by atoms with van der Waals surface area (Å²) in [6, 6.07) is 10.2. The van der Waals surface area contributed by atoms with Gasteiger partial charge in [0.15, 0.2) is 0 Å². The minimum atomic E-state index is 0.130. The number of aromatic nitrogens is 2. The molecule has 1 aromatic heterocycles. The maximum Gasteiger partial charge on any atom is 0.236 e. The second kappa shape index (κ2) is 7.04. The zero-order valence-corrected chi connectivity index (χ0v) is 12.9. The van der Waals surface area contributed by atoms with Gasteiger partial charge in [0.05, 0.1) is 12.2 Å². The van der Waals surface area contributed by atoms with Crippen molar-refractivity contribution in [2.75, 3.05) is 27.2 Å². The van der Waals surface area contributed by atoms with Gasteiger partial charge in [-0.25, -0.2) is 4.68 Å². The fourth-order valence-electron chi connectivity index (χ4n) is 2.05. The summed E-state index contributed by atoms with van der Waals surface area (Å²) in [4.78, 5) is 15.5. The van der Waals surface area contributed by atoms with E-state index in [9.17, 15) is 4.79 Å². The molecule has 0 spiro atoms. The van der Waals surface area contributed by atoms with Gasteiger partial charge in [0, 0.05) is 33.0 Å². The van der Waals surface area contributed by atoms with Crippen LogP contribution in [0.2, 0.25) is 0 Å². The molecule has 0 radical (unpaired) electrons. The van der Waals surface area contributed by atoms with E-state index < -0.39 is 0 Å². The van der Waals surface area contributed by atoms with E-state index in [4.69, 9.17) is 0 Å². The van der Waals surface area contributed by atoms with E-state index >= 15 is 0 Å². The molecule has 21 heavy (non-hydrogen) atoms. The van der Waals surface area contributed by atoms with E-state index in [1.165, 1.54) is 5.56 Å². The molecule has 0 bridgehead atoms. The number of rotatable bonds is 6. The summed E-state index contributed by atoms with van der Waals surface area (Å²) in [5, 5.41) is 4.21. The van der Waals surface area contributed by atoms with E-state index in [-0.39, 0.29) is 5.91 Å². The van der Waals surface area contributed by atoms with Crippen molar-refractivity contribution in [3.63, 3.8) is 0 Å². The molecule has 1 heterocycles. The number of hydrogen-bond donors (Lipinski definition) is 0. The Hall–Kier alpha value is -2.14. The second-order valence-corrected chi connectivity index (χ2v) is 5.21. The third-order valence-electron chi connectivity index (χ3n) is 3.42. The fourth-order valence-corrected chi connectivity index (χ4v) is 2.05. The summed E-state index contributed by atoms with van der Waals surface area (Å²) in [7, 11) is 3.57. The largest absolute Gasteiger partial charge is 0.348 e. The van der Waals surface area contributed by atoms with Gasteiger partial charge in [-0.15, -0.1) is 0 Å². The van der Waals surface area contributed by atoms with Gasteiger partial charge in [0.1, 0.15) is 0 Å². The van der Waals surface area contributed by atoms with Gasteiger partial charge in [-0.05, 0) is 30.3 Å². The van der Waals surface area contributed by atoms with Crippen LogP contribution in [0.3, 0.4) is 0 Å². The van der Waals surface area contributed by atoms with Crippen molar-refractivity contribution in [2.45, 2.75) is 13.5 Å². The molecule has 0 saturated heterocycles. The van der Waals surface area contributed by atoms with Gasteiger partial charge in [0.25, 0.3) is 0 Å². The third-order valence-corrected chi connectivity index (χ3v) is 3.42. The average Bonchev–Trinajstić information content (AvgIpc) is 3.01. The van der Waals surface area contributed by atoms with Crippen molar-refractivity contribution in [2.24, 2.45) is 0 Å². The first-order chi connectivity index (χ1) is 10.1. The van der Waals surface area contributed by atoms with Crippen LogP contribution in [0.1, 0.15) is 12.5 Å². The first-order valence-electron chi connectivity index (χ1n) is 7.11. The van der Waals surface area contributed by atoms with Crippen LogP contribution < -0.4 is 0 Å². The SMILES string of the molecule is CCN(CC(=O)N(C)C)Cc1ccc(-n2cccn2)cc1. The van der Waals surface area contributed by atoms with Crippen LogP contribution in [0.5, 0.6) is 0 Å². The Morgan fingerprint density at radius 2 is 1.95 bits per heavy atom. The van der Waals surface area contributed by atoms with Crippen molar-refractivity contribution < 1.29 is 4.79 Å². The zero-order chi connectivity index (χ0) is 15.2. The topological polar surface area (TPSA) is 41.4 Å². The second-order valence-electron chi connectivity index (χ2n) is 5.21. The Morgan fingerprint density at radius 3 is 2.48 bits per heavy atom. The molecule has 5 nitrogen and oxygen atoms in total. The molecule has 0 unspecified atom stereocenters. The predicted octanol–water partition coefficient (Wildman–Crippen LogP) is 1.78. The van der Waals surface area contributed by atoms with Gasteiger partial charge >= 0.3 is 0 Å². The normalized spacial score (nSPS) is 10.9. The average molecular weight is 286 g/mol. The van der Waals surface area contributed by atoms with Crippen molar-refractivity contribution in [1.82, 2.24) is 19.6 Å². The monoisotopic (exact) mass is 286 g/mol. The first kappa shape index (κ1) is 15.3. The van der Waals surface area contributed by atoms with Crippen LogP contribution in [-0.2, 0) is 11.3 Å². The first-order valence-corrected chi connectivity index (χ1v) is 7.11. The van der Waals surface area contributed by atoms with Crippen LogP contribution in [-0.4, -0.2) is 52.7 Å². The molecule has 0 N–H and O–H groups in total. The Kier molecular flexibility index (Phi) is 5.11. The number of amides is 1. The Labute approximate surface area is 125 Å². The molecule has 0 aliphatic heterocycles. The highest BCUT2D eigenvalue weighted by molar-refractivity contribution is 5.77. The van der Waals surface area contributed by atoms with E-state index in [2.05, 4.69) is 29.1 Å².